The molecule has 0 atom stereocenters. The van der Waals surface area contributed by atoms with Gasteiger partial charge in [-0.25, -0.2) is 4.79 Å². The lowest BCUT2D eigenvalue weighted by Gasteiger charge is -2.08. The minimum Gasteiger partial charge on any atom is -0.481 e. The number of ether oxygens (including phenoxy) is 7. The third-order valence-electron chi connectivity index (χ3n) is 4.03. The van der Waals surface area contributed by atoms with Crippen LogP contribution in [0.2, 0.25) is 0 Å². The molecule has 0 spiro atoms. The van der Waals surface area contributed by atoms with Crippen LogP contribution in [0, 0.1) is 0 Å². The third kappa shape index (κ3) is 27.9. The third-order valence-corrected chi connectivity index (χ3v) is 4.03. The molecule has 0 saturated carbocycles. The number of hydrogen-bond acceptors (Lipinski definition) is 11. The van der Waals surface area contributed by atoms with E-state index >= 15 is 0 Å². The number of hydrogen-bond donors (Lipinski definition) is 3. The zero-order chi connectivity index (χ0) is 26.7. The van der Waals surface area contributed by atoms with Crippen LogP contribution in [0.15, 0.2) is 0 Å². The van der Waals surface area contributed by atoms with E-state index in [0.717, 1.165) is 0 Å². The molecule has 210 valence electrons. The molecule has 0 unspecified atom stereocenters. The van der Waals surface area contributed by atoms with Gasteiger partial charge in [0, 0.05) is 19.4 Å². The van der Waals surface area contributed by atoms with Gasteiger partial charge in [0.25, 0.3) is 0 Å². The molecule has 0 rings (SSSR count). The lowest BCUT2D eigenvalue weighted by Crippen LogP contribution is -2.31. The van der Waals surface area contributed by atoms with Gasteiger partial charge in [0.2, 0.25) is 5.91 Å². The first kappa shape index (κ1) is 33.6. The molecule has 1 amide bonds. The molecule has 0 aliphatic rings. The first-order valence-electron chi connectivity index (χ1n) is 11.7. The molecule has 14 nitrogen and oxygen atoms in total. The van der Waals surface area contributed by atoms with E-state index in [2.05, 4.69) is 10.1 Å². The quantitative estimate of drug-likeness (QED) is 0.0919. The molecule has 0 bridgehead atoms. The fraction of sp³-hybridized carbons (Fsp3) is 0.818. The van der Waals surface area contributed by atoms with E-state index in [4.69, 9.17) is 38.6 Å². The Balaban J connectivity index is 3.18. The minimum atomic E-state index is -1.13. The normalized spacial score (nSPS) is 10.8. The van der Waals surface area contributed by atoms with Gasteiger partial charge in [-0.3, -0.25) is 14.4 Å². The number of carbonyl (C=O) groups is 4. The zero-order valence-corrected chi connectivity index (χ0v) is 20.6. The predicted octanol–water partition coefficient (Wildman–Crippen LogP) is -0.525. The lowest BCUT2D eigenvalue weighted by molar-refractivity contribution is -0.146. The van der Waals surface area contributed by atoms with Crippen molar-refractivity contribution < 1.29 is 62.5 Å². The van der Waals surface area contributed by atoms with E-state index in [1.807, 2.05) is 0 Å². The number of aliphatic carboxylic acids is 2. The van der Waals surface area contributed by atoms with Crippen LogP contribution in [0.1, 0.15) is 25.7 Å². The van der Waals surface area contributed by atoms with E-state index in [0.29, 0.717) is 72.3 Å². The van der Waals surface area contributed by atoms with Gasteiger partial charge < -0.3 is 48.7 Å². The molecule has 3 N–H and O–H groups in total. The van der Waals surface area contributed by atoms with E-state index < -0.39 is 24.5 Å². The van der Waals surface area contributed by atoms with Crippen molar-refractivity contribution in [1.82, 2.24) is 5.32 Å². The second-order valence-electron chi connectivity index (χ2n) is 7.12. The number of rotatable bonds is 27. The number of carbonyl (C=O) groups excluding carboxylic acids is 2. The molecular formula is C22H39NO13. The van der Waals surface area contributed by atoms with Gasteiger partial charge in [0.1, 0.15) is 19.8 Å². The Bertz CT molecular complexity index is 588. The Hall–Kier alpha value is -2.36. The highest BCUT2D eigenvalue weighted by atomic mass is 16.6. The van der Waals surface area contributed by atoms with Gasteiger partial charge in [-0.1, -0.05) is 0 Å². The Morgan fingerprint density at radius 1 is 0.528 bits per heavy atom. The summed E-state index contributed by atoms with van der Waals surface area (Å²) in [6.07, 6.45) is 1.19. The first-order chi connectivity index (χ1) is 17.4. The summed E-state index contributed by atoms with van der Waals surface area (Å²) in [6.45, 7) is 3.29. The average molecular weight is 526 g/mol. The zero-order valence-electron chi connectivity index (χ0n) is 20.6. The Labute approximate surface area is 210 Å². The molecule has 0 saturated heterocycles. The van der Waals surface area contributed by atoms with E-state index in [1.165, 1.54) is 0 Å². The Morgan fingerprint density at radius 2 is 1.00 bits per heavy atom. The number of carboxylic acids is 2. The lowest BCUT2D eigenvalue weighted by atomic mass is 10.2. The summed E-state index contributed by atoms with van der Waals surface area (Å²) in [5.74, 6) is -2.78. The van der Waals surface area contributed by atoms with Crippen LogP contribution in [0.25, 0.3) is 0 Å². The second kappa shape index (κ2) is 25.7. The number of amides is 1. The first-order valence-corrected chi connectivity index (χ1v) is 11.7. The molecule has 0 aliphatic carbocycles. The van der Waals surface area contributed by atoms with E-state index in [-0.39, 0.29) is 45.2 Å². The SMILES string of the molecule is O=C(O)CCCCC(=O)OCCOCCOCCOCCOCCOCCNC(=O)COCC(=O)O. The van der Waals surface area contributed by atoms with Crippen LogP contribution in [0.4, 0.5) is 0 Å². The summed E-state index contributed by atoms with van der Waals surface area (Å²) < 4.78 is 36.2. The van der Waals surface area contributed by atoms with Crippen molar-refractivity contribution in [2.75, 3.05) is 92.4 Å². The van der Waals surface area contributed by atoms with Crippen molar-refractivity contribution in [3.63, 3.8) is 0 Å². The number of nitrogens with one attached hydrogen (secondary N) is 1. The molecule has 0 aromatic heterocycles. The van der Waals surface area contributed by atoms with Gasteiger partial charge in [-0.2, -0.15) is 0 Å². The molecular weight excluding hydrogens is 486 g/mol. The molecule has 0 aliphatic heterocycles. The fourth-order valence-corrected chi connectivity index (χ4v) is 2.36. The highest BCUT2D eigenvalue weighted by Crippen LogP contribution is 2.01. The molecule has 36 heavy (non-hydrogen) atoms. The standard InChI is InChI=1S/C22H39NO13/c24-19(17-35-18-21(27)28)23-5-6-30-7-8-31-9-10-32-11-12-33-13-14-34-15-16-36-22(29)4-2-1-3-20(25)26/h1-18H2,(H,23,24)(H,25,26)(H,27,28). The smallest absolute Gasteiger partial charge is 0.329 e. The molecule has 0 aromatic carbocycles. The average Bonchev–Trinajstić information content (AvgIpc) is 2.83. The molecule has 0 fully saturated rings. The van der Waals surface area contributed by atoms with Crippen molar-refractivity contribution in [2.45, 2.75) is 25.7 Å². The van der Waals surface area contributed by atoms with Crippen LogP contribution in [0.3, 0.4) is 0 Å². The van der Waals surface area contributed by atoms with Gasteiger partial charge in [0.15, 0.2) is 0 Å². The molecule has 0 radical (unpaired) electrons. The van der Waals surface area contributed by atoms with Gasteiger partial charge in [0.05, 0.1) is 66.1 Å². The van der Waals surface area contributed by atoms with Crippen LogP contribution in [0.5, 0.6) is 0 Å². The fourth-order valence-electron chi connectivity index (χ4n) is 2.36. The largest absolute Gasteiger partial charge is 0.481 e. The summed E-state index contributed by atoms with van der Waals surface area (Å²) >= 11 is 0. The predicted molar refractivity (Wildman–Crippen MR) is 123 cm³/mol. The van der Waals surface area contributed by atoms with Crippen LogP contribution in [-0.2, 0) is 52.3 Å². The molecule has 14 heteroatoms. The van der Waals surface area contributed by atoms with E-state index in [1.54, 1.807) is 0 Å². The molecule has 0 aromatic rings. The van der Waals surface area contributed by atoms with Crippen LogP contribution < -0.4 is 5.32 Å². The van der Waals surface area contributed by atoms with Gasteiger partial charge in [-0.15, -0.1) is 0 Å². The van der Waals surface area contributed by atoms with Crippen molar-refractivity contribution in [2.24, 2.45) is 0 Å². The second-order valence-corrected chi connectivity index (χ2v) is 7.12. The summed E-state index contributed by atoms with van der Waals surface area (Å²) in [5, 5.41) is 19.4. The Kier molecular flexibility index (Phi) is 24.0. The Morgan fingerprint density at radius 3 is 1.50 bits per heavy atom. The summed E-state index contributed by atoms with van der Waals surface area (Å²) in [5.41, 5.74) is 0. The summed E-state index contributed by atoms with van der Waals surface area (Å²) in [6, 6.07) is 0. The minimum absolute atomic E-state index is 0.0499. The number of carboxylic acid groups (broad SMARTS) is 2. The topological polar surface area (TPSA) is 185 Å². The van der Waals surface area contributed by atoms with Crippen LogP contribution >= 0.6 is 0 Å². The van der Waals surface area contributed by atoms with Gasteiger partial charge >= 0.3 is 17.9 Å². The van der Waals surface area contributed by atoms with E-state index in [9.17, 15) is 19.2 Å². The summed E-state index contributed by atoms with van der Waals surface area (Å²) in [7, 11) is 0. The van der Waals surface area contributed by atoms with Gasteiger partial charge in [-0.05, 0) is 12.8 Å². The maximum absolute atomic E-state index is 11.4. The maximum Gasteiger partial charge on any atom is 0.329 e. The number of unbranched alkanes of at least 4 members (excludes halogenated alkanes) is 1. The van der Waals surface area contributed by atoms with Crippen molar-refractivity contribution in [3.8, 4) is 0 Å². The van der Waals surface area contributed by atoms with Crippen molar-refractivity contribution >= 4 is 23.8 Å². The number of esters is 1. The van der Waals surface area contributed by atoms with Crippen molar-refractivity contribution in [1.29, 1.82) is 0 Å². The highest BCUT2D eigenvalue weighted by molar-refractivity contribution is 5.77. The summed E-state index contributed by atoms with van der Waals surface area (Å²) in [4.78, 5) is 43.3. The highest BCUT2D eigenvalue weighted by Gasteiger charge is 2.04. The maximum atomic E-state index is 11.4. The monoisotopic (exact) mass is 525 g/mol. The van der Waals surface area contributed by atoms with Crippen LogP contribution in [-0.4, -0.2) is 126 Å². The van der Waals surface area contributed by atoms with Crippen molar-refractivity contribution in [3.05, 3.63) is 0 Å². The molecule has 0 heterocycles.